The molecule has 116 valence electrons. The number of hydrogen-bond acceptors (Lipinski definition) is 2. The number of rotatable bonds is 9. The van der Waals surface area contributed by atoms with Gasteiger partial charge in [0.05, 0.1) is 17.1 Å². The van der Waals surface area contributed by atoms with Crippen molar-refractivity contribution in [3.63, 3.8) is 0 Å². The van der Waals surface area contributed by atoms with Crippen molar-refractivity contribution < 1.29 is 0 Å². The standard InChI is InChI=1S/C18H29N3/c1-4-5-6-7-8-11-14(2)19-15(3)18-20-16-12-9-10-13-17(16)21-18/h9-10,12-15,19H,4-8,11H2,1-3H3,(H,20,21). The summed E-state index contributed by atoms with van der Waals surface area (Å²) in [5.74, 6) is 1.04. The maximum absolute atomic E-state index is 4.67. The van der Waals surface area contributed by atoms with E-state index in [2.05, 4.69) is 48.2 Å². The number of benzene rings is 1. The molecule has 2 aromatic rings. The average molecular weight is 287 g/mol. The molecule has 0 bridgehead atoms. The predicted octanol–water partition coefficient (Wildman–Crippen LogP) is 4.96. The van der Waals surface area contributed by atoms with Crippen molar-refractivity contribution in [2.45, 2.75) is 71.4 Å². The summed E-state index contributed by atoms with van der Waals surface area (Å²) >= 11 is 0. The van der Waals surface area contributed by atoms with Crippen molar-refractivity contribution in [2.75, 3.05) is 0 Å². The minimum Gasteiger partial charge on any atom is -0.341 e. The van der Waals surface area contributed by atoms with E-state index in [9.17, 15) is 0 Å². The molecule has 0 amide bonds. The van der Waals surface area contributed by atoms with Crippen LogP contribution in [0.15, 0.2) is 24.3 Å². The molecule has 0 aliphatic heterocycles. The van der Waals surface area contributed by atoms with E-state index in [0.29, 0.717) is 6.04 Å². The fourth-order valence-electron chi connectivity index (χ4n) is 2.82. The summed E-state index contributed by atoms with van der Waals surface area (Å²) in [6.07, 6.45) is 7.99. The highest BCUT2D eigenvalue weighted by Gasteiger charge is 2.13. The van der Waals surface area contributed by atoms with Crippen molar-refractivity contribution >= 4 is 11.0 Å². The minimum absolute atomic E-state index is 0.267. The van der Waals surface area contributed by atoms with Gasteiger partial charge < -0.3 is 10.3 Å². The molecular formula is C18H29N3. The molecule has 0 saturated carbocycles. The lowest BCUT2D eigenvalue weighted by Crippen LogP contribution is -2.29. The van der Waals surface area contributed by atoms with Gasteiger partial charge in [-0.2, -0.15) is 0 Å². The summed E-state index contributed by atoms with van der Waals surface area (Å²) in [4.78, 5) is 8.08. The molecule has 0 aliphatic rings. The normalized spacial score (nSPS) is 14.4. The van der Waals surface area contributed by atoms with Crippen molar-refractivity contribution in [1.29, 1.82) is 0 Å². The summed E-state index contributed by atoms with van der Waals surface area (Å²) < 4.78 is 0. The molecule has 2 atom stereocenters. The molecule has 0 aliphatic carbocycles. The molecule has 1 aromatic carbocycles. The second-order valence-electron chi connectivity index (χ2n) is 6.13. The van der Waals surface area contributed by atoms with Crippen LogP contribution >= 0.6 is 0 Å². The third kappa shape index (κ3) is 4.85. The molecule has 0 radical (unpaired) electrons. The van der Waals surface area contributed by atoms with Crippen LogP contribution in [0.5, 0.6) is 0 Å². The second-order valence-corrected chi connectivity index (χ2v) is 6.13. The van der Waals surface area contributed by atoms with E-state index < -0.39 is 0 Å². The zero-order valence-electron chi connectivity index (χ0n) is 13.7. The van der Waals surface area contributed by atoms with E-state index in [0.717, 1.165) is 16.9 Å². The van der Waals surface area contributed by atoms with Crippen molar-refractivity contribution in [2.24, 2.45) is 0 Å². The van der Waals surface area contributed by atoms with Crippen LogP contribution in [0.1, 0.15) is 71.2 Å². The Morgan fingerprint density at radius 3 is 2.62 bits per heavy atom. The van der Waals surface area contributed by atoms with E-state index in [1.54, 1.807) is 0 Å². The second kappa shape index (κ2) is 8.18. The average Bonchev–Trinajstić information content (AvgIpc) is 2.91. The van der Waals surface area contributed by atoms with E-state index in [1.165, 1.54) is 38.5 Å². The van der Waals surface area contributed by atoms with Crippen LogP contribution in [-0.4, -0.2) is 16.0 Å². The van der Waals surface area contributed by atoms with Crippen LogP contribution in [0, 0.1) is 0 Å². The predicted molar refractivity (Wildman–Crippen MR) is 90.5 cm³/mol. The van der Waals surface area contributed by atoms with Gasteiger partial charge in [0.2, 0.25) is 0 Å². The van der Waals surface area contributed by atoms with Gasteiger partial charge in [0.15, 0.2) is 0 Å². The molecule has 2 rings (SSSR count). The highest BCUT2D eigenvalue weighted by molar-refractivity contribution is 5.74. The molecule has 2 N–H and O–H groups in total. The van der Waals surface area contributed by atoms with Gasteiger partial charge in [0, 0.05) is 6.04 Å². The fraction of sp³-hybridized carbons (Fsp3) is 0.611. The summed E-state index contributed by atoms with van der Waals surface area (Å²) in [5, 5.41) is 3.65. The fourth-order valence-corrected chi connectivity index (χ4v) is 2.82. The van der Waals surface area contributed by atoms with E-state index in [-0.39, 0.29) is 6.04 Å². The molecule has 3 heteroatoms. The van der Waals surface area contributed by atoms with Crippen molar-refractivity contribution in [3.05, 3.63) is 30.1 Å². The van der Waals surface area contributed by atoms with Gasteiger partial charge in [-0.05, 0) is 32.4 Å². The number of aromatic nitrogens is 2. The number of aromatic amines is 1. The molecule has 0 fully saturated rings. The first kappa shape index (κ1) is 16.0. The zero-order chi connectivity index (χ0) is 15.1. The Labute approximate surface area is 128 Å². The van der Waals surface area contributed by atoms with Crippen LogP contribution in [0.25, 0.3) is 11.0 Å². The number of para-hydroxylation sites is 2. The molecule has 2 unspecified atom stereocenters. The van der Waals surface area contributed by atoms with Crippen molar-refractivity contribution in [3.8, 4) is 0 Å². The number of nitrogens with one attached hydrogen (secondary N) is 2. The number of H-pyrrole nitrogens is 1. The van der Waals surface area contributed by atoms with Gasteiger partial charge in [0.25, 0.3) is 0 Å². The van der Waals surface area contributed by atoms with Crippen LogP contribution in [0.4, 0.5) is 0 Å². The van der Waals surface area contributed by atoms with E-state index in [4.69, 9.17) is 0 Å². The zero-order valence-corrected chi connectivity index (χ0v) is 13.7. The first-order chi connectivity index (χ1) is 10.2. The lowest BCUT2D eigenvalue weighted by molar-refractivity contribution is 0.428. The number of imidazole rings is 1. The van der Waals surface area contributed by atoms with Gasteiger partial charge in [-0.15, -0.1) is 0 Å². The van der Waals surface area contributed by atoms with Gasteiger partial charge in [-0.3, -0.25) is 0 Å². The molecule has 1 heterocycles. The van der Waals surface area contributed by atoms with E-state index in [1.807, 2.05) is 12.1 Å². The quantitative estimate of drug-likeness (QED) is 0.640. The topological polar surface area (TPSA) is 40.7 Å². The van der Waals surface area contributed by atoms with Gasteiger partial charge in [-0.25, -0.2) is 4.98 Å². The molecule has 3 nitrogen and oxygen atoms in total. The molecule has 1 aromatic heterocycles. The van der Waals surface area contributed by atoms with Crippen LogP contribution in [-0.2, 0) is 0 Å². The summed E-state index contributed by atoms with van der Waals surface area (Å²) in [6, 6.07) is 9.01. The summed E-state index contributed by atoms with van der Waals surface area (Å²) in [7, 11) is 0. The molecule has 21 heavy (non-hydrogen) atoms. The molecule has 0 saturated heterocycles. The van der Waals surface area contributed by atoms with Gasteiger partial charge in [0.1, 0.15) is 5.82 Å². The number of fused-ring (bicyclic) bond motifs is 1. The Kier molecular flexibility index (Phi) is 6.24. The van der Waals surface area contributed by atoms with Crippen LogP contribution < -0.4 is 5.32 Å². The highest BCUT2D eigenvalue weighted by Crippen LogP contribution is 2.17. The Hall–Kier alpha value is -1.35. The Morgan fingerprint density at radius 1 is 1.10 bits per heavy atom. The maximum Gasteiger partial charge on any atom is 0.124 e. The lowest BCUT2D eigenvalue weighted by Gasteiger charge is -2.18. The minimum atomic E-state index is 0.267. The van der Waals surface area contributed by atoms with Crippen LogP contribution in [0.3, 0.4) is 0 Å². The SMILES string of the molecule is CCCCCCCC(C)NC(C)c1nc2ccccc2[nH]1. The monoisotopic (exact) mass is 287 g/mol. The Bertz CT molecular complexity index is 499. The molecular weight excluding hydrogens is 258 g/mol. The van der Waals surface area contributed by atoms with Crippen molar-refractivity contribution in [1.82, 2.24) is 15.3 Å². The van der Waals surface area contributed by atoms with Gasteiger partial charge in [-0.1, -0.05) is 51.2 Å². The van der Waals surface area contributed by atoms with E-state index >= 15 is 0 Å². The van der Waals surface area contributed by atoms with Crippen LogP contribution in [0.2, 0.25) is 0 Å². The summed E-state index contributed by atoms with van der Waals surface area (Å²) in [6.45, 7) is 6.73. The largest absolute Gasteiger partial charge is 0.341 e. The smallest absolute Gasteiger partial charge is 0.124 e. The number of unbranched alkanes of at least 4 members (excludes halogenated alkanes) is 4. The molecule has 0 spiro atoms. The number of hydrogen-bond donors (Lipinski definition) is 2. The van der Waals surface area contributed by atoms with Gasteiger partial charge >= 0.3 is 0 Å². The Morgan fingerprint density at radius 2 is 1.86 bits per heavy atom. The maximum atomic E-state index is 4.67. The third-order valence-corrected chi connectivity index (χ3v) is 4.09. The first-order valence-electron chi connectivity index (χ1n) is 8.41. The first-order valence-corrected chi connectivity index (χ1v) is 8.41. The third-order valence-electron chi connectivity index (χ3n) is 4.09. The highest BCUT2D eigenvalue weighted by atomic mass is 15.0. The number of nitrogens with zero attached hydrogens (tertiary/aromatic N) is 1. The lowest BCUT2D eigenvalue weighted by atomic mass is 10.1. The Balaban J connectivity index is 1.79. The summed E-state index contributed by atoms with van der Waals surface area (Å²) in [5.41, 5.74) is 2.17.